The van der Waals surface area contributed by atoms with Gasteiger partial charge in [-0.1, -0.05) is 0 Å². The molecular weight excluding hydrogens is 292 g/mol. The number of aliphatic hydroxyl groups excluding tert-OH is 2. The number of benzene rings is 1. The number of thioether (sulfide) groups is 2. The average molecular weight is 316 g/mol. The van der Waals surface area contributed by atoms with E-state index in [0.29, 0.717) is 17.3 Å². The minimum atomic E-state index is -0.424. The molecule has 0 fully saturated rings. The van der Waals surface area contributed by atoms with Crippen molar-refractivity contribution in [3.05, 3.63) is 27.8 Å². The van der Waals surface area contributed by atoms with Crippen molar-refractivity contribution in [2.24, 2.45) is 0 Å². The first kappa shape index (κ1) is 17.7. The lowest BCUT2D eigenvalue weighted by molar-refractivity contribution is 0.283. The molecule has 0 aromatic heterocycles. The van der Waals surface area contributed by atoms with Crippen LogP contribution in [0.25, 0.3) is 0 Å². The first-order valence-electron chi connectivity index (χ1n) is 6.65. The van der Waals surface area contributed by atoms with E-state index in [9.17, 15) is 15.3 Å². The lowest BCUT2D eigenvalue weighted by Crippen LogP contribution is -2.04. The SMILES string of the molecule is Cc1c(O)c(C)c(CSC(C)O)c(C)c1CSC(C)O. The molecule has 2 unspecified atom stereocenters. The van der Waals surface area contributed by atoms with Crippen LogP contribution in [0.2, 0.25) is 0 Å². The Bertz CT molecular complexity index is 432. The molecule has 2 atom stereocenters. The van der Waals surface area contributed by atoms with Crippen molar-refractivity contribution in [2.75, 3.05) is 0 Å². The fourth-order valence-electron chi connectivity index (χ4n) is 2.15. The lowest BCUT2D eigenvalue weighted by atomic mass is 9.94. The first-order valence-corrected chi connectivity index (χ1v) is 8.75. The summed E-state index contributed by atoms with van der Waals surface area (Å²) in [5, 5.41) is 29.1. The van der Waals surface area contributed by atoms with E-state index in [-0.39, 0.29) is 0 Å². The van der Waals surface area contributed by atoms with E-state index in [2.05, 4.69) is 6.92 Å². The van der Waals surface area contributed by atoms with Gasteiger partial charge in [-0.05, 0) is 62.4 Å². The molecule has 5 heteroatoms. The van der Waals surface area contributed by atoms with E-state index in [1.54, 1.807) is 13.8 Å². The Kier molecular flexibility index (Phi) is 6.72. The van der Waals surface area contributed by atoms with E-state index in [4.69, 9.17) is 0 Å². The molecule has 0 aliphatic heterocycles. The Morgan fingerprint density at radius 2 is 1.15 bits per heavy atom. The molecule has 3 nitrogen and oxygen atoms in total. The maximum absolute atomic E-state index is 10.3. The van der Waals surface area contributed by atoms with E-state index in [0.717, 1.165) is 27.8 Å². The van der Waals surface area contributed by atoms with Gasteiger partial charge in [-0.25, -0.2) is 0 Å². The molecule has 0 saturated carbocycles. The highest BCUT2D eigenvalue weighted by molar-refractivity contribution is 7.99. The number of aromatic hydroxyl groups is 1. The van der Waals surface area contributed by atoms with Gasteiger partial charge in [0.15, 0.2) is 0 Å². The van der Waals surface area contributed by atoms with Crippen molar-refractivity contribution in [1.29, 1.82) is 0 Å². The quantitative estimate of drug-likeness (QED) is 0.702. The van der Waals surface area contributed by atoms with Gasteiger partial charge in [0.05, 0.1) is 10.9 Å². The summed E-state index contributed by atoms with van der Waals surface area (Å²) in [5.41, 5.74) is 4.25. The van der Waals surface area contributed by atoms with E-state index in [1.807, 2.05) is 13.8 Å². The first-order chi connectivity index (χ1) is 9.25. The van der Waals surface area contributed by atoms with Gasteiger partial charge in [-0.15, -0.1) is 23.5 Å². The van der Waals surface area contributed by atoms with Crippen LogP contribution in [0.15, 0.2) is 0 Å². The number of hydrogen-bond donors (Lipinski definition) is 3. The molecule has 0 radical (unpaired) electrons. The Morgan fingerprint density at radius 3 is 1.45 bits per heavy atom. The van der Waals surface area contributed by atoms with Crippen LogP contribution >= 0.6 is 23.5 Å². The summed E-state index contributed by atoms with van der Waals surface area (Å²) in [6.45, 7) is 9.37. The maximum Gasteiger partial charge on any atom is 0.122 e. The van der Waals surface area contributed by atoms with Crippen molar-refractivity contribution >= 4 is 23.5 Å². The molecule has 0 aliphatic rings. The number of hydrogen-bond acceptors (Lipinski definition) is 5. The molecule has 114 valence electrons. The standard InChI is InChI=1S/C15H24O3S2/c1-8-13(6-19-11(4)16)9(2)15(18)10(3)14(8)7-20-12(5)17/h11-12,16-18H,6-7H2,1-5H3. The van der Waals surface area contributed by atoms with Crippen LogP contribution in [0.4, 0.5) is 0 Å². The summed E-state index contributed by atoms with van der Waals surface area (Å²) < 4.78 is 0. The Labute approximate surface area is 129 Å². The predicted molar refractivity (Wildman–Crippen MR) is 88.3 cm³/mol. The molecule has 1 aromatic rings. The van der Waals surface area contributed by atoms with Crippen LogP contribution in [0, 0.1) is 20.8 Å². The van der Waals surface area contributed by atoms with Crippen LogP contribution in [0.5, 0.6) is 5.75 Å². The molecule has 0 heterocycles. The molecule has 3 N–H and O–H groups in total. The molecule has 0 amide bonds. The van der Waals surface area contributed by atoms with Gasteiger partial charge in [-0.3, -0.25) is 0 Å². The molecule has 1 rings (SSSR count). The number of phenolic OH excluding ortho intramolecular Hbond substituents is 1. The summed E-state index contributed by atoms with van der Waals surface area (Å²) >= 11 is 2.90. The fourth-order valence-corrected chi connectivity index (χ4v) is 3.83. The second-order valence-electron chi connectivity index (χ2n) is 5.00. The summed E-state index contributed by atoms with van der Waals surface area (Å²) in [6, 6.07) is 0. The molecular formula is C15H24O3S2. The summed E-state index contributed by atoms with van der Waals surface area (Å²) in [5.74, 6) is 1.68. The zero-order chi connectivity index (χ0) is 15.4. The van der Waals surface area contributed by atoms with Gasteiger partial charge >= 0.3 is 0 Å². The van der Waals surface area contributed by atoms with Crippen LogP contribution in [-0.4, -0.2) is 26.2 Å². The minimum absolute atomic E-state index is 0.331. The lowest BCUT2D eigenvalue weighted by Gasteiger charge is -2.20. The molecule has 0 saturated heterocycles. The molecule has 0 aliphatic carbocycles. The van der Waals surface area contributed by atoms with Gasteiger partial charge in [0, 0.05) is 11.5 Å². The summed E-state index contributed by atoms with van der Waals surface area (Å²) in [4.78, 5) is 0. The fraction of sp³-hybridized carbons (Fsp3) is 0.600. The number of rotatable bonds is 6. The van der Waals surface area contributed by atoms with Crippen LogP contribution in [-0.2, 0) is 11.5 Å². The highest BCUT2D eigenvalue weighted by atomic mass is 32.2. The van der Waals surface area contributed by atoms with Crippen molar-refractivity contribution < 1.29 is 15.3 Å². The number of aliphatic hydroxyl groups is 2. The van der Waals surface area contributed by atoms with Gasteiger partial charge in [0.25, 0.3) is 0 Å². The van der Waals surface area contributed by atoms with Crippen molar-refractivity contribution in [1.82, 2.24) is 0 Å². The van der Waals surface area contributed by atoms with E-state index >= 15 is 0 Å². The van der Waals surface area contributed by atoms with E-state index in [1.165, 1.54) is 23.5 Å². The van der Waals surface area contributed by atoms with Gasteiger partial charge in [0.2, 0.25) is 0 Å². The second-order valence-corrected chi connectivity index (χ2v) is 7.61. The number of phenols is 1. The van der Waals surface area contributed by atoms with Crippen molar-refractivity contribution in [3.8, 4) is 5.75 Å². The third kappa shape index (κ3) is 4.32. The normalized spacial score (nSPS) is 14.3. The highest BCUT2D eigenvalue weighted by Crippen LogP contribution is 2.36. The summed E-state index contributed by atoms with van der Waals surface area (Å²) in [7, 11) is 0. The summed E-state index contributed by atoms with van der Waals surface area (Å²) in [6.07, 6.45) is 0. The zero-order valence-corrected chi connectivity index (χ0v) is 14.4. The monoisotopic (exact) mass is 316 g/mol. The largest absolute Gasteiger partial charge is 0.507 e. The predicted octanol–water partition coefficient (Wildman–Crippen LogP) is 3.46. The topological polar surface area (TPSA) is 60.7 Å². The Morgan fingerprint density at radius 1 is 0.800 bits per heavy atom. The molecule has 0 bridgehead atoms. The third-order valence-corrected chi connectivity index (χ3v) is 5.33. The molecule has 1 aromatic carbocycles. The zero-order valence-electron chi connectivity index (χ0n) is 12.7. The second kappa shape index (κ2) is 7.59. The minimum Gasteiger partial charge on any atom is -0.507 e. The van der Waals surface area contributed by atoms with Crippen molar-refractivity contribution in [2.45, 2.75) is 57.0 Å². The maximum atomic E-state index is 10.3. The Balaban J connectivity index is 3.17. The molecule has 0 spiro atoms. The van der Waals surface area contributed by atoms with Crippen LogP contribution in [0.1, 0.15) is 41.7 Å². The third-order valence-electron chi connectivity index (χ3n) is 3.46. The highest BCUT2D eigenvalue weighted by Gasteiger charge is 2.17. The van der Waals surface area contributed by atoms with Crippen molar-refractivity contribution in [3.63, 3.8) is 0 Å². The Hall–Kier alpha value is -0.360. The smallest absolute Gasteiger partial charge is 0.122 e. The average Bonchev–Trinajstić information content (AvgIpc) is 2.35. The van der Waals surface area contributed by atoms with Crippen LogP contribution in [0.3, 0.4) is 0 Å². The van der Waals surface area contributed by atoms with Crippen LogP contribution < -0.4 is 0 Å². The van der Waals surface area contributed by atoms with E-state index < -0.39 is 10.9 Å². The molecule has 20 heavy (non-hydrogen) atoms. The van der Waals surface area contributed by atoms with Gasteiger partial charge in [0.1, 0.15) is 5.75 Å². The van der Waals surface area contributed by atoms with Gasteiger partial charge in [-0.2, -0.15) is 0 Å². The van der Waals surface area contributed by atoms with Gasteiger partial charge < -0.3 is 15.3 Å².